The number of carboxylic acids is 1. The van der Waals surface area contributed by atoms with Gasteiger partial charge in [-0.05, 0) is 13.8 Å². The van der Waals surface area contributed by atoms with E-state index in [1.807, 2.05) is 0 Å². The Bertz CT molecular complexity index is 202. The molecule has 0 atom stereocenters. The molecule has 0 amide bonds. The van der Waals surface area contributed by atoms with Crippen molar-refractivity contribution in [2.24, 2.45) is 0 Å². The van der Waals surface area contributed by atoms with E-state index in [0.29, 0.717) is 0 Å². The zero-order valence-electron chi connectivity index (χ0n) is 6.63. The molecule has 0 saturated heterocycles. The van der Waals surface area contributed by atoms with Crippen molar-refractivity contribution in [1.82, 2.24) is 0 Å². The summed E-state index contributed by atoms with van der Waals surface area (Å²) in [6, 6.07) is 0. The minimum atomic E-state index is -4.64. The van der Waals surface area contributed by atoms with Crippen molar-refractivity contribution in [3.05, 3.63) is 11.6 Å². The first-order valence-corrected chi connectivity index (χ1v) is 4.35. The Morgan fingerprint density at radius 3 is 1.50 bits per heavy atom. The number of rotatable bonds is 1. The standard InChI is InChI=1S/C5H8O2.H3O4P/c1-4(2)3-5(6)7;1-5(2,3)4/h3H,1-2H3,(H,6,7);(H3,1,2,3,4). The lowest BCUT2D eigenvalue weighted by Crippen LogP contribution is -1.86. The van der Waals surface area contributed by atoms with Crippen LogP contribution in [0, 0.1) is 0 Å². The fraction of sp³-hybridized carbons (Fsp3) is 0.400. The summed E-state index contributed by atoms with van der Waals surface area (Å²) in [5.41, 5.74) is 0.813. The Morgan fingerprint density at radius 1 is 1.25 bits per heavy atom. The van der Waals surface area contributed by atoms with Gasteiger partial charge in [0.15, 0.2) is 0 Å². The van der Waals surface area contributed by atoms with Crippen molar-refractivity contribution < 1.29 is 29.1 Å². The Hall–Kier alpha value is -0.680. The molecule has 6 nitrogen and oxygen atoms in total. The molecule has 0 aliphatic rings. The number of phosphoric acid groups is 1. The lowest BCUT2D eigenvalue weighted by Gasteiger charge is -1.82. The largest absolute Gasteiger partial charge is 0.478 e. The summed E-state index contributed by atoms with van der Waals surface area (Å²) in [5.74, 6) is -0.875. The zero-order chi connectivity index (χ0) is 10.4. The molecular weight excluding hydrogens is 187 g/mol. The van der Waals surface area contributed by atoms with E-state index in [9.17, 15) is 4.79 Å². The van der Waals surface area contributed by atoms with Crippen molar-refractivity contribution >= 4 is 13.8 Å². The van der Waals surface area contributed by atoms with Crippen molar-refractivity contribution in [3.8, 4) is 0 Å². The summed E-state index contributed by atoms with van der Waals surface area (Å²) in [7, 11) is -4.64. The van der Waals surface area contributed by atoms with Gasteiger partial charge in [0.1, 0.15) is 0 Å². The minimum absolute atomic E-state index is 0.813. The van der Waals surface area contributed by atoms with Crippen LogP contribution in [0.4, 0.5) is 0 Å². The number of allylic oxidation sites excluding steroid dienone is 1. The molecule has 0 bridgehead atoms. The summed E-state index contributed by atoms with van der Waals surface area (Å²) in [5, 5.41) is 8.01. The normalized spacial score (nSPS) is 9.42. The highest BCUT2D eigenvalue weighted by Crippen LogP contribution is 2.25. The van der Waals surface area contributed by atoms with Crippen LogP contribution in [0.5, 0.6) is 0 Å². The summed E-state index contributed by atoms with van der Waals surface area (Å²) in [4.78, 5) is 31.3. The second-order valence-electron chi connectivity index (χ2n) is 2.07. The second kappa shape index (κ2) is 5.91. The lowest BCUT2D eigenvalue weighted by atomic mass is 10.3. The molecule has 0 fully saturated rings. The average molecular weight is 198 g/mol. The van der Waals surface area contributed by atoms with Gasteiger partial charge in [-0.2, -0.15) is 0 Å². The van der Waals surface area contributed by atoms with Gasteiger partial charge < -0.3 is 19.8 Å². The number of carboxylic acid groups (broad SMARTS) is 1. The molecule has 0 radical (unpaired) electrons. The topological polar surface area (TPSA) is 115 Å². The first-order chi connectivity index (χ1) is 5.13. The van der Waals surface area contributed by atoms with Gasteiger partial charge >= 0.3 is 13.8 Å². The highest BCUT2D eigenvalue weighted by atomic mass is 31.2. The predicted octanol–water partition coefficient (Wildman–Crippen LogP) is 0.109. The van der Waals surface area contributed by atoms with Gasteiger partial charge in [0.2, 0.25) is 0 Å². The van der Waals surface area contributed by atoms with Crippen molar-refractivity contribution in [3.63, 3.8) is 0 Å². The molecule has 0 aromatic carbocycles. The molecule has 0 aromatic heterocycles. The molecule has 0 saturated carbocycles. The summed E-state index contributed by atoms with van der Waals surface area (Å²) >= 11 is 0. The number of carbonyl (C=O) groups is 1. The molecule has 0 rings (SSSR count). The van der Waals surface area contributed by atoms with Crippen LogP contribution >= 0.6 is 7.82 Å². The van der Waals surface area contributed by atoms with Gasteiger partial charge in [-0.1, -0.05) is 5.57 Å². The molecule has 7 heteroatoms. The quantitative estimate of drug-likeness (QED) is 0.351. The fourth-order valence-corrected chi connectivity index (χ4v) is 0.247. The van der Waals surface area contributed by atoms with Gasteiger partial charge in [-0.3, -0.25) is 0 Å². The minimum Gasteiger partial charge on any atom is -0.478 e. The third-order valence-electron chi connectivity index (χ3n) is 0.412. The molecule has 4 N–H and O–H groups in total. The lowest BCUT2D eigenvalue weighted by molar-refractivity contribution is -0.131. The van der Waals surface area contributed by atoms with Crippen LogP contribution in [-0.2, 0) is 9.36 Å². The van der Waals surface area contributed by atoms with Gasteiger partial charge in [0.25, 0.3) is 0 Å². The van der Waals surface area contributed by atoms with Crippen LogP contribution < -0.4 is 0 Å². The van der Waals surface area contributed by atoms with E-state index >= 15 is 0 Å². The van der Waals surface area contributed by atoms with Gasteiger partial charge in [-0.15, -0.1) is 0 Å². The first-order valence-electron chi connectivity index (χ1n) is 2.79. The molecule has 0 aromatic rings. The van der Waals surface area contributed by atoms with E-state index in [4.69, 9.17) is 24.4 Å². The molecule has 0 spiro atoms. The maximum atomic E-state index is 9.73. The molecule has 0 aliphatic heterocycles. The molecular formula is C5H11O6P. The van der Waals surface area contributed by atoms with Crippen molar-refractivity contribution in [2.75, 3.05) is 0 Å². The second-order valence-corrected chi connectivity index (χ2v) is 3.10. The SMILES string of the molecule is CC(C)=CC(=O)O.O=P(O)(O)O. The third kappa shape index (κ3) is 58.5. The van der Waals surface area contributed by atoms with Gasteiger partial charge in [-0.25, -0.2) is 9.36 Å². The van der Waals surface area contributed by atoms with E-state index < -0.39 is 13.8 Å². The smallest absolute Gasteiger partial charge is 0.466 e. The van der Waals surface area contributed by atoms with Crippen LogP contribution in [0.2, 0.25) is 0 Å². The Balaban J connectivity index is 0. The van der Waals surface area contributed by atoms with Gasteiger partial charge in [0.05, 0.1) is 0 Å². The Kier molecular flexibility index (Phi) is 6.83. The highest BCUT2D eigenvalue weighted by molar-refractivity contribution is 7.45. The molecule has 12 heavy (non-hydrogen) atoms. The zero-order valence-corrected chi connectivity index (χ0v) is 7.52. The van der Waals surface area contributed by atoms with E-state index in [2.05, 4.69) is 0 Å². The fourth-order valence-electron chi connectivity index (χ4n) is 0.247. The maximum Gasteiger partial charge on any atom is 0.466 e. The first kappa shape index (κ1) is 13.9. The summed E-state index contributed by atoms with van der Waals surface area (Å²) in [6.07, 6.45) is 1.17. The maximum absolute atomic E-state index is 9.73. The monoisotopic (exact) mass is 198 g/mol. The molecule has 72 valence electrons. The van der Waals surface area contributed by atoms with Crippen LogP contribution in [0.15, 0.2) is 11.6 Å². The predicted molar refractivity (Wildman–Crippen MR) is 41.3 cm³/mol. The van der Waals surface area contributed by atoms with E-state index in [-0.39, 0.29) is 0 Å². The van der Waals surface area contributed by atoms with E-state index in [1.54, 1.807) is 13.8 Å². The summed E-state index contributed by atoms with van der Waals surface area (Å²) < 4.78 is 8.88. The van der Waals surface area contributed by atoms with Crippen LogP contribution in [0.3, 0.4) is 0 Å². The highest BCUT2D eigenvalue weighted by Gasteiger charge is 2.00. The third-order valence-corrected chi connectivity index (χ3v) is 0.412. The van der Waals surface area contributed by atoms with Crippen LogP contribution in [0.25, 0.3) is 0 Å². The Labute approximate surface area is 69.4 Å². The molecule has 0 heterocycles. The number of aliphatic carboxylic acids is 1. The average Bonchev–Trinajstić information content (AvgIpc) is 1.52. The van der Waals surface area contributed by atoms with Crippen molar-refractivity contribution in [2.45, 2.75) is 13.8 Å². The number of hydrogen-bond acceptors (Lipinski definition) is 2. The number of hydrogen-bond donors (Lipinski definition) is 4. The molecule has 0 unspecified atom stereocenters. The molecule has 0 aliphatic carbocycles. The van der Waals surface area contributed by atoms with Crippen LogP contribution in [0.1, 0.15) is 13.8 Å². The van der Waals surface area contributed by atoms with Gasteiger partial charge in [0, 0.05) is 6.08 Å². The Morgan fingerprint density at radius 2 is 1.50 bits per heavy atom. The van der Waals surface area contributed by atoms with E-state index in [1.165, 1.54) is 6.08 Å². The van der Waals surface area contributed by atoms with E-state index in [0.717, 1.165) is 5.57 Å². The van der Waals surface area contributed by atoms with Crippen molar-refractivity contribution in [1.29, 1.82) is 0 Å². The summed E-state index contributed by atoms with van der Waals surface area (Å²) in [6.45, 7) is 3.49. The van der Waals surface area contributed by atoms with Crippen LogP contribution in [-0.4, -0.2) is 25.8 Å².